The minimum absolute atomic E-state index is 0.935. The first-order valence-electron chi connectivity index (χ1n) is 5.30. The Morgan fingerprint density at radius 2 is 1.08 bits per heavy atom. The second-order valence-corrected chi connectivity index (χ2v) is 2.92. The van der Waals surface area contributed by atoms with Crippen molar-refractivity contribution in [2.24, 2.45) is 11.7 Å². The smallest absolute Gasteiger partial charge is 0.0195 e. The Bertz CT molecular complexity index is 38.3. The number of rotatable bonds is 3. The second kappa shape index (κ2) is 22.4. The van der Waals surface area contributed by atoms with Crippen molar-refractivity contribution < 1.29 is 0 Å². The summed E-state index contributed by atoms with van der Waals surface area (Å²) in [6.07, 6.45) is 5.30. The lowest BCUT2D eigenvalue weighted by Crippen LogP contribution is -1.85. The molecule has 0 aliphatic carbocycles. The molecule has 0 unspecified atom stereocenters. The predicted molar refractivity (Wildman–Crippen MR) is 60.4 cm³/mol. The van der Waals surface area contributed by atoms with E-state index in [0.29, 0.717) is 0 Å². The Morgan fingerprint density at radius 3 is 1.08 bits per heavy atom. The fourth-order valence-corrected chi connectivity index (χ4v) is 0.289. The molecule has 0 heterocycles. The van der Waals surface area contributed by atoms with Gasteiger partial charge in [0.25, 0.3) is 0 Å². The summed E-state index contributed by atoms with van der Waals surface area (Å²) < 4.78 is 0. The van der Waals surface area contributed by atoms with E-state index in [0.717, 1.165) is 5.92 Å². The standard InChI is InChI=1S/C6H14.C4H10.CH5N/c1-4-6(3)5-2;1-3-4-2;1-2/h6H,4-5H2,1-3H3;3-4H2,1-2H3;2H2,1H3. The number of hydrogen-bond acceptors (Lipinski definition) is 1. The molecule has 1 heteroatoms. The van der Waals surface area contributed by atoms with Gasteiger partial charge in [0.15, 0.2) is 0 Å². The maximum absolute atomic E-state index is 4.50. The molecule has 0 rings (SSSR count). The molecule has 0 aromatic heterocycles. The first kappa shape index (κ1) is 17.9. The van der Waals surface area contributed by atoms with Crippen LogP contribution in [0.5, 0.6) is 0 Å². The summed E-state index contributed by atoms with van der Waals surface area (Å²) in [6.45, 7) is 11.1. The highest BCUT2D eigenvalue weighted by atomic mass is 14.4. The summed E-state index contributed by atoms with van der Waals surface area (Å²) >= 11 is 0. The first-order chi connectivity index (χ1) is 5.72. The molecular formula is C11H29N. The zero-order chi connectivity index (χ0) is 10.4. The number of nitrogens with two attached hydrogens (primary N) is 1. The third-order valence-corrected chi connectivity index (χ3v) is 1.89. The lowest BCUT2D eigenvalue weighted by molar-refractivity contribution is 0.544. The summed E-state index contributed by atoms with van der Waals surface area (Å²) in [5.74, 6) is 0.935. The van der Waals surface area contributed by atoms with Gasteiger partial charge >= 0.3 is 0 Å². The molecule has 0 aliphatic rings. The lowest BCUT2D eigenvalue weighted by atomic mass is 10.1. The van der Waals surface area contributed by atoms with Crippen LogP contribution in [0.15, 0.2) is 0 Å². The van der Waals surface area contributed by atoms with E-state index in [1.807, 2.05) is 0 Å². The largest absolute Gasteiger partial charge is 0.333 e. The first-order valence-corrected chi connectivity index (χ1v) is 5.30. The van der Waals surface area contributed by atoms with Gasteiger partial charge in [-0.1, -0.05) is 60.3 Å². The monoisotopic (exact) mass is 175 g/mol. The van der Waals surface area contributed by atoms with Crippen molar-refractivity contribution in [1.82, 2.24) is 0 Å². The van der Waals surface area contributed by atoms with Crippen molar-refractivity contribution in [1.29, 1.82) is 0 Å². The van der Waals surface area contributed by atoms with Gasteiger partial charge in [0.1, 0.15) is 0 Å². The van der Waals surface area contributed by atoms with Crippen molar-refractivity contribution >= 4 is 0 Å². The second-order valence-electron chi connectivity index (χ2n) is 2.92. The minimum atomic E-state index is 0.935. The summed E-state index contributed by atoms with van der Waals surface area (Å²) in [5, 5.41) is 0. The zero-order valence-electron chi connectivity index (χ0n) is 9.98. The fraction of sp³-hybridized carbons (Fsp3) is 1.00. The molecular weight excluding hydrogens is 146 g/mol. The van der Waals surface area contributed by atoms with Crippen LogP contribution in [0.1, 0.15) is 60.3 Å². The van der Waals surface area contributed by atoms with E-state index in [1.165, 1.54) is 32.7 Å². The molecule has 0 amide bonds. The molecule has 1 nitrogen and oxygen atoms in total. The van der Waals surface area contributed by atoms with Crippen LogP contribution >= 0.6 is 0 Å². The fourth-order valence-electron chi connectivity index (χ4n) is 0.289. The molecule has 0 saturated carbocycles. The van der Waals surface area contributed by atoms with Crippen LogP contribution in [0, 0.1) is 5.92 Å². The Labute approximate surface area is 79.7 Å². The Kier molecular flexibility index (Phi) is 33.5. The third kappa shape index (κ3) is 32.5. The lowest BCUT2D eigenvalue weighted by Gasteiger charge is -1.98. The van der Waals surface area contributed by atoms with Crippen molar-refractivity contribution in [2.75, 3.05) is 7.05 Å². The van der Waals surface area contributed by atoms with Crippen molar-refractivity contribution in [3.8, 4) is 0 Å². The van der Waals surface area contributed by atoms with Gasteiger partial charge in [0.2, 0.25) is 0 Å². The van der Waals surface area contributed by atoms with Crippen molar-refractivity contribution in [2.45, 2.75) is 60.3 Å². The van der Waals surface area contributed by atoms with Crippen molar-refractivity contribution in [3.05, 3.63) is 0 Å². The highest BCUT2D eigenvalue weighted by molar-refractivity contribution is 4.41. The van der Waals surface area contributed by atoms with E-state index in [1.54, 1.807) is 0 Å². The van der Waals surface area contributed by atoms with Gasteiger partial charge < -0.3 is 5.73 Å². The zero-order valence-corrected chi connectivity index (χ0v) is 9.98. The summed E-state index contributed by atoms with van der Waals surface area (Å²) in [5.41, 5.74) is 4.50. The molecule has 0 atom stereocenters. The molecule has 0 spiro atoms. The summed E-state index contributed by atoms with van der Waals surface area (Å²) in [7, 11) is 1.50. The Hall–Kier alpha value is -0.0400. The molecule has 0 radical (unpaired) electrons. The van der Waals surface area contributed by atoms with E-state index < -0.39 is 0 Å². The highest BCUT2D eigenvalue weighted by Gasteiger charge is 1.88. The average Bonchev–Trinajstić information content (AvgIpc) is 2.20. The third-order valence-electron chi connectivity index (χ3n) is 1.89. The van der Waals surface area contributed by atoms with E-state index in [9.17, 15) is 0 Å². The van der Waals surface area contributed by atoms with Crippen LogP contribution in [0.3, 0.4) is 0 Å². The van der Waals surface area contributed by atoms with E-state index in [4.69, 9.17) is 0 Å². The van der Waals surface area contributed by atoms with Gasteiger partial charge in [-0.2, -0.15) is 0 Å². The molecule has 0 saturated heterocycles. The topological polar surface area (TPSA) is 26.0 Å². The average molecular weight is 175 g/mol. The number of hydrogen-bond donors (Lipinski definition) is 1. The predicted octanol–water partition coefficient (Wildman–Crippen LogP) is 3.82. The van der Waals surface area contributed by atoms with E-state index in [-0.39, 0.29) is 0 Å². The maximum Gasteiger partial charge on any atom is -0.0195 e. The molecule has 12 heavy (non-hydrogen) atoms. The van der Waals surface area contributed by atoms with Crippen LogP contribution in [0.25, 0.3) is 0 Å². The van der Waals surface area contributed by atoms with Crippen molar-refractivity contribution in [3.63, 3.8) is 0 Å². The van der Waals surface area contributed by atoms with Gasteiger partial charge in [0, 0.05) is 0 Å². The van der Waals surface area contributed by atoms with Gasteiger partial charge in [-0.3, -0.25) is 0 Å². The van der Waals surface area contributed by atoms with Crippen LogP contribution in [0.4, 0.5) is 0 Å². The molecule has 0 aromatic rings. The summed E-state index contributed by atoms with van der Waals surface area (Å²) in [4.78, 5) is 0. The van der Waals surface area contributed by atoms with Crippen LogP contribution < -0.4 is 5.73 Å². The number of unbranched alkanes of at least 4 members (excludes halogenated alkanes) is 1. The Morgan fingerprint density at radius 1 is 0.833 bits per heavy atom. The van der Waals surface area contributed by atoms with Gasteiger partial charge in [-0.15, -0.1) is 0 Å². The minimum Gasteiger partial charge on any atom is -0.333 e. The summed E-state index contributed by atoms with van der Waals surface area (Å²) in [6, 6.07) is 0. The highest BCUT2D eigenvalue weighted by Crippen LogP contribution is 2.02. The molecule has 2 N–H and O–H groups in total. The SMILES string of the molecule is CCC(C)CC.CCCC.CN. The molecule has 0 aromatic carbocycles. The van der Waals surface area contributed by atoms with Crippen LogP contribution in [-0.2, 0) is 0 Å². The molecule has 0 fully saturated rings. The normalized spacial score (nSPS) is 8.00. The van der Waals surface area contributed by atoms with Crippen LogP contribution in [0.2, 0.25) is 0 Å². The van der Waals surface area contributed by atoms with Gasteiger partial charge in [0.05, 0.1) is 0 Å². The van der Waals surface area contributed by atoms with E-state index >= 15 is 0 Å². The molecule has 0 bridgehead atoms. The maximum atomic E-state index is 4.50. The van der Waals surface area contributed by atoms with Gasteiger partial charge in [-0.25, -0.2) is 0 Å². The van der Waals surface area contributed by atoms with Crippen LogP contribution in [-0.4, -0.2) is 7.05 Å². The van der Waals surface area contributed by atoms with Gasteiger partial charge in [-0.05, 0) is 13.0 Å². The van der Waals surface area contributed by atoms with E-state index in [2.05, 4.69) is 40.4 Å². The molecule has 78 valence electrons. The quantitative estimate of drug-likeness (QED) is 0.693. The molecule has 0 aliphatic heterocycles. The Balaban J connectivity index is -0.000000118.